The van der Waals surface area contributed by atoms with Gasteiger partial charge < -0.3 is 5.11 Å². The molecule has 0 fully saturated rings. The molecule has 0 heterocycles. The minimum Gasteiger partial charge on any atom is -0.481 e. The fourth-order valence-electron chi connectivity index (χ4n) is 2.45. The lowest BCUT2D eigenvalue weighted by atomic mass is 10.2. The van der Waals surface area contributed by atoms with Gasteiger partial charge in [-0.3, -0.25) is 4.79 Å². The summed E-state index contributed by atoms with van der Waals surface area (Å²) in [5, 5.41) is 8.28. The van der Waals surface area contributed by atoms with Crippen LogP contribution in [0, 0.1) is 29.6 Å². The van der Waals surface area contributed by atoms with Crippen molar-refractivity contribution in [2.75, 3.05) is 47.5 Å². The number of thiol groups is 1. The van der Waals surface area contributed by atoms with Crippen molar-refractivity contribution < 1.29 is 26.7 Å². The van der Waals surface area contributed by atoms with E-state index in [2.05, 4.69) is 110 Å². The third-order valence-corrected chi connectivity index (χ3v) is 9.59. The van der Waals surface area contributed by atoms with Crippen molar-refractivity contribution in [2.45, 2.75) is 75.5 Å². The van der Waals surface area contributed by atoms with Gasteiger partial charge in [-0.2, -0.15) is 36.2 Å². The van der Waals surface area contributed by atoms with Crippen molar-refractivity contribution in [1.29, 1.82) is 0 Å². The highest BCUT2D eigenvalue weighted by Gasteiger charge is 2.16. The molecule has 0 aliphatic carbocycles. The Morgan fingerprint density at radius 2 is 1.22 bits per heavy atom. The maximum atomic E-state index is 10.5. The van der Waals surface area contributed by atoms with Gasteiger partial charge in [-0.1, -0.05) is 119 Å². The Bertz CT molecular complexity index is 991. The molecule has 1 aromatic carbocycles. The van der Waals surface area contributed by atoms with Gasteiger partial charge in [-0.25, -0.2) is 16.8 Å². The van der Waals surface area contributed by atoms with Crippen LogP contribution >= 0.6 is 43.4 Å². The minimum absolute atomic E-state index is 0. The van der Waals surface area contributed by atoms with Gasteiger partial charge in [0, 0.05) is 18.3 Å². The lowest BCUT2D eigenvalue weighted by molar-refractivity contribution is -0.140. The normalized spacial score (nSPS) is 11.1. The van der Waals surface area contributed by atoms with Crippen LogP contribution in [0.3, 0.4) is 0 Å². The van der Waals surface area contributed by atoms with Gasteiger partial charge in [0.25, 0.3) is 0 Å². The van der Waals surface area contributed by atoms with Gasteiger partial charge in [0.1, 0.15) is 19.7 Å². The van der Waals surface area contributed by atoms with Crippen LogP contribution in [0.2, 0.25) is 0 Å². The number of thioether (sulfide) groups is 2. The van der Waals surface area contributed by atoms with E-state index in [1.165, 1.54) is 30.2 Å². The summed E-state index contributed by atoms with van der Waals surface area (Å²) in [7, 11) is -0.738. The minimum atomic E-state index is -3.15. The van der Waals surface area contributed by atoms with Crippen LogP contribution in [0.4, 0.5) is 0 Å². The van der Waals surface area contributed by atoms with Crippen molar-refractivity contribution in [1.82, 2.24) is 0 Å². The smallest absolute Gasteiger partial charge is 0.307 e. The first-order chi connectivity index (χ1) is 20.0. The number of carboxylic acid groups (broad SMARTS) is 1. The molecule has 6 nitrogen and oxygen atoms in total. The van der Waals surface area contributed by atoms with Gasteiger partial charge in [-0.05, 0) is 52.7 Å². The van der Waals surface area contributed by atoms with E-state index in [-0.39, 0.29) is 19.1 Å². The van der Waals surface area contributed by atoms with Crippen molar-refractivity contribution in [3.63, 3.8) is 0 Å². The van der Waals surface area contributed by atoms with E-state index < -0.39 is 31.6 Å². The second-order valence-electron chi connectivity index (χ2n) is 11.7. The molecular weight excluding hydrogens is 703 g/mol. The second-order valence-corrected chi connectivity index (χ2v) is 19.3. The summed E-state index contributed by atoms with van der Waals surface area (Å²) in [6, 6.07) is 10.6. The number of sulfone groups is 2. The third-order valence-electron chi connectivity index (χ3n) is 4.04. The van der Waals surface area contributed by atoms with E-state index in [1.54, 1.807) is 0 Å². The van der Waals surface area contributed by atoms with Crippen LogP contribution in [0.1, 0.15) is 75.3 Å². The average Bonchev–Trinajstić information content (AvgIpc) is 2.84. The van der Waals surface area contributed by atoms with Crippen LogP contribution in [0.5, 0.6) is 0 Å². The van der Waals surface area contributed by atoms with Gasteiger partial charge in [-0.15, -0.1) is 0 Å². The summed E-state index contributed by atoms with van der Waals surface area (Å²) in [6.07, 6.45) is 4.42. The number of carboxylic acids is 1. The third kappa shape index (κ3) is 71.4. The van der Waals surface area contributed by atoms with Crippen molar-refractivity contribution in [3.8, 4) is 0 Å². The zero-order chi connectivity index (χ0) is 35.9. The lowest BCUT2D eigenvalue weighted by Gasteiger charge is -2.03. The maximum absolute atomic E-state index is 10.5. The molecule has 1 rings (SSSR count). The lowest BCUT2D eigenvalue weighted by Crippen LogP contribution is -2.19. The van der Waals surface area contributed by atoms with Gasteiger partial charge >= 0.3 is 5.97 Å². The Morgan fingerprint density at radius 1 is 0.844 bits per heavy atom. The van der Waals surface area contributed by atoms with Gasteiger partial charge in [0.2, 0.25) is 0 Å². The topological polar surface area (TPSA) is 106 Å². The zero-order valence-corrected chi connectivity index (χ0v) is 34.9. The van der Waals surface area contributed by atoms with Crippen LogP contribution in [-0.4, -0.2) is 83.0 Å². The first-order valence-corrected chi connectivity index (χ1v) is 23.6. The summed E-state index contributed by atoms with van der Waals surface area (Å²) in [5.74, 6) is 5.49. The van der Waals surface area contributed by atoms with Gasteiger partial charge in [0.05, 0.1) is 17.4 Å². The monoisotopic (exact) mass is 766 g/mol. The molecule has 1 aromatic rings. The summed E-state index contributed by atoms with van der Waals surface area (Å²) >= 11 is 12.1. The van der Waals surface area contributed by atoms with Crippen molar-refractivity contribution in [2.24, 2.45) is 29.6 Å². The SMILES string of the molecule is C.CC(C)CS.CC(C)CS(C)(=O)=O.CC(C)CSCc1ccccc1.CSCC(C)C.C[C@H](CS(C)(=O)=O)C(=O)O.[B]P=S. The van der Waals surface area contributed by atoms with Crippen LogP contribution in [-0.2, 0) is 42.0 Å². The molecule has 0 bridgehead atoms. The highest BCUT2D eigenvalue weighted by Crippen LogP contribution is 2.14. The quantitative estimate of drug-likeness (QED) is 0.123. The number of hydrogen-bond donors (Lipinski definition) is 2. The number of benzene rings is 1. The Balaban J connectivity index is -0.000000106. The van der Waals surface area contributed by atoms with E-state index in [0.29, 0.717) is 13.0 Å². The summed E-state index contributed by atoms with van der Waals surface area (Å²) in [6.45, 7) is 18.4. The van der Waals surface area contributed by atoms with Crippen LogP contribution in [0.25, 0.3) is 0 Å². The molecule has 1 N–H and O–H groups in total. The number of aliphatic carboxylic acids is 1. The Kier molecular flexibility index (Phi) is 47.3. The highest BCUT2D eigenvalue weighted by atomic mass is 32.4. The fraction of sp³-hybridized carbons (Fsp3) is 0.774. The largest absolute Gasteiger partial charge is 0.481 e. The van der Waals surface area contributed by atoms with E-state index in [0.717, 1.165) is 35.5 Å². The molecule has 0 amide bonds. The van der Waals surface area contributed by atoms with Crippen LogP contribution < -0.4 is 0 Å². The number of carbonyl (C=O) groups is 1. The standard InChI is InChI=1S/C11H16S.C5H10O4S.C5H12O2S.C5H12S.C4H10S.CH4.BPS/c1-10(2)8-12-9-11-6-4-3-5-7-11;1-4(5(6)7)3-10(2,8)9;1-5(2)4-8(3,6)7;1-5(2)4-6-3;1-4(2)3-5;;1-2-3/h3-7,10H,8-9H2,1-2H3;4H,3H2,1-2H3,(H,6,7);5H,4H2,1-3H3;5H,4H2,1-3H3;4-5H,3H2,1-2H3;1H4;/t;4-;;;;;/m.1...../s1. The van der Waals surface area contributed by atoms with Crippen molar-refractivity contribution >= 4 is 88.4 Å². The van der Waals surface area contributed by atoms with E-state index >= 15 is 0 Å². The summed E-state index contributed by atoms with van der Waals surface area (Å²) in [4.78, 5) is 10.1. The Labute approximate surface area is 301 Å². The predicted octanol–water partition coefficient (Wildman–Crippen LogP) is 8.71. The molecule has 0 unspecified atom stereocenters. The molecule has 0 spiro atoms. The number of hydrogen-bond acceptors (Lipinski definition) is 9. The molecule has 1 atom stereocenters. The predicted molar refractivity (Wildman–Crippen MR) is 217 cm³/mol. The summed E-state index contributed by atoms with van der Waals surface area (Å²) in [5.41, 5.74) is 1.43. The molecule has 0 saturated heterocycles. The van der Waals surface area contributed by atoms with Crippen molar-refractivity contribution in [3.05, 3.63) is 35.9 Å². The zero-order valence-electron chi connectivity index (χ0n) is 29.0. The molecule has 0 aromatic heterocycles. The molecular formula is C31H64BO6PS6. The molecule has 14 heteroatoms. The first kappa shape index (κ1) is 57.5. The molecule has 268 valence electrons. The highest BCUT2D eigenvalue weighted by molar-refractivity contribution is 8.07. The number of rotatable bonds is 12. The van der Waals surface area contributed by atoms with E-state index in [4.69, 9.17) is 5.11 Å². The van der Waals surface area contributed by atoms with Gasteiger partial charge in [0.15, 0.2) is 7.57 Å². The molecule has 2 radical (unpaired) electrons. The molecule has 45 heavy (non-hydrogen) atoms. The maximum Gasteiger partial charge on any atom is 0.307 e. The average molecular weight is 767 g/mol. The Morgan fingerprint density at radius 3 is 1.40 bits per heavy atom. The fourth-order valence-corrected chi connectivity index (χ4v) is 6.40. The second kappa shape index (κ2) is 37.1. The summed E-state index contributed by atoms with van der Waals surface area (Å²) < 4.78 is 41.8. The molecule has 0 aliphatic rings. The first-order valence-electron chi connectivity index (χ1n) is 14.3. The Hall–Kier alpha value is 0.225. The molecule has 0 saturated carbocycles. The van der Waals surface area contributed by atoms with Crippen LogP contribution in [0.15, 0.2) is 30.3 Å². The van der Waals surface area contributed by atoms with E-state index in [1.807, 2.05) is 37.4 Å². The van der Waals surface area contributed by atoms with E-state index in [9.17, 15) is 21.6 Å². The molecule has 0 aliphatic heterocycles.